The van der Waals surface area contributed by atoms with E-state index in [9.17, 15) is 0 Å². The minimum Gasteiger partial charge on any atom is -0.455 e. The van der Waals surface area contributed by atoms with Gasteiger partial charge in [-0.25, -0.2) is 4.98 Å². The third-order valence-electron chi connectivity index (χ3n) is 11.6. The first-order valence-electron chi connectivity index (χ1n) is 19.4. The van der Waals surface area contributed by atoms with Crippen molar-refractivity contribution in [1.29, 1.82) is 0 Å². The smallest absolute Gasteiger partial charge is 0.238 e. The van der Waals surface area contributed by atoms with Crippen molar-refractivity contribution in [2.24, 2.45) is 0 Å². The van der Waals surface area contributed by atoms with E-state index in [0.717, 1.165) is 65.3 Å². The van der Waals surface area contributed by atoms with E-state index in [1.54, 1.807) is 11.3 Å². The Morgan fingerprint density at radius 1 is 0.362 bits per heavy atom. The van der Waals surface area contributed by atoms with Crippen LogP contribution in [0.1, 0.15) is 0 Å². The van der Waals surface area contributed by atoms with Crippen molar-refractivity contribution in [2.75, 3.05) is 0 Å². The molecule has 0 unspecified atom stereocenters. The zero-order valence-corrected chi connectivity index (χ0v) is 31.6. The molecule has 6 nitrogen and oxygen atoms in total. The molecule has 0 aliphatic rings. The van der Waals surface area contributed by atoms with Gasteiger partial charge in [-0.15, -0.1) is 11.3 Å². The van der Waals surface area contributed by atoms with Crippen LogP contribution < -0.4 is 0 Å². The third kappa shape index (κ3) is 4.39. The van der Waals surface area contributed by atoms with Gasteiger partial charge in [0.2, 0.25) is 5.95 Å². The van der Waals surface area contributed by atoms with Crippen molar-refractivity contribution in [3.63, 3.8) is 0 Å². The van der Waals surface area contributed by atoms with Gasteiger partial charge in [0.05, 0.1) is 38.0 Å². The molecule has 0 bridgehead atoms. The Morgan fingerprint density at radius 3 is 1.47 bits per heavy atom. The van der Waals surface area contributed by atoms with E-state index in [1.807, 2.05) is 18.2 Å². The zero-order chi connectivity index (χ0) is 37.9. The van der Waals surface area contributed by atoms with E-state index in [1.165, 1.54) is 37.3 Å². The predicted molar refractivity (Wildman–Crippen MR) is 240 cm³/mol. The molecule has 13 aromatic rings. The zero-order valence-electron chi connectivity index (χ0n) is 30.8. The van der Waals surface area contributed by atoms with Crippen LogP contribution >= 0.6 is 11.3 Å². The molecule has 5 aromatic heterocycles. The summed E-state index contributed by atoms with van der Waals surface area (Å²) in [5, 5.41) is 9.22. The number of thiophene rings is 1. The summed E-state index contributed by atoms with van der Waals surface area (Å²) in [6.07, 6.45) is 0. The average molecular weight is 760 g/mol. The lowest BCUT2D eigenvalue weighted by atomic mass is 10.1. The molecule has 58 heavy (non-hydrogen) atoms. The van der Waals surface area contributed by atoms with Gasteiger partial charge < -0.3 is 8.98 Å². The van der Waals surface area contributed by atoms with Crippen molar-refractivity contribution in [3.05, 3.63) is 176 Å². The first-order chi connectivity index (χ1) is 28.8. The number of fused-ring (bicyclic) bond motifs is 12. The van der Waals surface area contributed by atoms with E-state index < -0.39 is 0 Å². The number of para-hydroxylation sites is 6. The van der Waals surface area contributed by atoms with Gasteiger partial charge in [0, 0.05) is 53.4 Å². The lowest BCUT2D eigenvalue weighted by molar-refractivity contribution is 0.669. The molecule has 13 rings (SSSR count). The summed E-state index contributed by atoms with van der Waals surface area (Å²) in [6, 6.07) is 61.8. The summed E-state index contributed by atoms with van der Waals surface area (Å²) >= 11 is 1.79. The summed E-state index contributed by atoms with van der Waals surface area (Å²) in [5.41, 5.74) is 8.94. The number of hydrogen-bond acceptors (Lipinski definition) is 5. The highest BCUT2D eigenvalue weighted by atomic mass is 32.1. The van der Waals surface area contributed by atoms with Crippen molar-refractivity contribution in [2.45, 2.75) is 0 Å². The van der Waals surface area contributed by atoms with E-state index >= 15 is 0 Å². The number of hydrogen-bond donors (Lipinski definition) is 0. The quantitative estimate of drug-likeness (QED) is 0.179. The maximum absolute atomic E-state index is 6.57. The van der Waals surface area contributed by atoms with Crippen molar-refractivity contribution >= 4 is 97.1 Å². The molecule has 0 aliphatic heterocycles. The largest absolute Gasteiger partial charge is 0.455 e. The third-order valence-corrected chi connectivity index (χ3v) is 12.9. The molecule has 0 fully saturated rings. The highest BCUT2D eigenvalue weighted by molar-refractivity contribution is 7.26. The molecule has 0 aliphatic carbocycles. The minimum atomic E-state index is 0.551. The second kappa shape index (κ2) is 11.9. The molecule has 0 saturated heterocycles. The molecule has 0 amide bonds. The minimum absolute atomic E-state index is 0.551. The van der Waals surface area contributed by atoms with Gasteiger partial charge in [0.15, 0.2) is 11.6 Å². The monoisotopic (exact) mass is 759 g/mol. The SMILES string of the molecule is c1ccc2c(c1)oc1c(-c3nc(-c4cccc5c4sc4c(-n6c7ccccc7c7ccccc76)cccc45)nc(-n4c5ccccc5c5ccccc54)n3)cccc12. The number of nitrogens with zero attached hydrogens (tertiary/aromatic N) is 5. The van der Waals surface area contributed by atoms with Gasteiger partial charge in [-0.1, -0.05) is 127 Å². The van der Waals surface area contributed by atoms with Gasteiger partial charge in [-0.2, -0.15) is 9.97 Å². The molecule has 270 valence electrons. The summed E-state index contributed by atoms with van der Waals surface area (Å²) in [7, 11) is 0. The van der Waals surface area contributed by atoms with E-state index in [-0.39, 0.29) is 0 Å². The van der Waals surface area contributed by atoms with Crippen molar-refractivity contribution in [1.82, 2.24) is 24.1 Å². The maximum Gasteiger partial charge on any atom is 0.238 e. The predicted octanol–water partition coefficient (Wildman–Crippen LogP) is 13.7. The van der Waals surface area contributed by atoms with Crippen LogP contribution in [0, 0.1) is 0 Å². The second-order valence-electron chi connectivity index (χ2n) is 14.7. The fourth-order valence-electron chi connectivity index (χ4n) is 9.11. The molecule has 0 radical (unpaired) electrons. The van der Waals surface area contributed by atoms with Crippen LogP contribution in [-0.2, 0) is 0 Å². The summed E-state index contributed by atoms with van der Waals surface area (Å²) in [5.74, 6) is 1.70. The number of furan rings is 1. The van der Waals surface area contributed by atoms with Crippen LogP contribution in [0.5, 0.6) is 0 Å². The lowest BCUT2D eigenvalue weighted by Gasteiger charge is -2.11. The van der Waals surface area contributed by atoms with Gasteiger partial charge in [-0.3, -0.25) is 4.57 Å². The summed E-state index contributed by atoms with van der Waals surface area (Å²) in [4.78, 5) is 16.0. The highest BCUT2D eigenvalue weighted by Gasteiger charge is 2.23. The lowest BCUT2D eigenvalue weighted by Crippen LogP contribution is -2.06. The first kappa shape index (κ1) is 31.6. The molecular weight excluding hydrogens is 731 g/mol. The Morgan fingerprint density at radius 2 is 0.828 bits per heavy atom. The Hall–Kier alpha value is -7.61. The van der Waals surface area contributed by atoms with Crippen molar-refractivity contribution in [3.8, 4) is 34.4 Å². The molecular formula is C51H29N5OS. The highest BCUT2D eigenvalue weighted by Crippen LogP contribution is 2.44. The van der Waals surface area contributed by atoms with Crippen LogP contribution in [0.15, 0.2) is 180 Å². The molecule has 7 heteroatoms. The van der Waals surface area contributed by atoms with E-state index in [0.29, 0.717) is 17.6 Å². The van der Waals surface area contributed by atoms with E-state index in [4.69, 9.17) is 19.4 Å². The van der Waals surface area contributed by atoms with Crippen LogP contribution in [0.4, 0.5) is 0 Å². The van der Waals surface area contributed by atoms with Crippen molar-refractivity contribution < 1.29 is 4.42 Å². The van der Waals surface area contributed by atoms with Gasteiger partial charge >= 0.3 is 0 Å². The molecule has 5 heterocycles. The van der Waals surface area contributed by atoms with Gasteiger partial charge in [0.1, 0.15) is 11.2 Å². The summed E-state index contributed by atoms with van der Waals surface area (Å²) in [6.45, 7) is 0. The number of benzene rings is 8. The molecule has 0 spiro atoms. The Balaban J connectivity index is 1.11. The van der Waals surface area contributed by atoms with Crippen LogP contribution in [-0.4, -0.2) is 24.1 Å². The molecule has 0 N–H and O–H groups in total. The number of rotatable bonds is 4. The maximum atomic E-state index is 6.57. The molecule has 8 aromatic carbocycles. The molecule has 0 atom stereocenters. The topological polar surface area (TPSA) is 61.7 Å². The first-order valence-corrected chi connectivity index (χ1v) is 20.2. The molecule has 0 saturated carbocycles. The fraction of sp³-hybridized carbons (Fsp3) is 0. The van der Waals surface area contributed by atoms with Gasteiger partial charge in [0.25, 0.3) is 0 Å². The van der Waals surface area contributed by atoms with Crippen LogP contribution in [0.3, 0.4) is 0 Å². The average Bonchev–Trinajstić information content (AvgIpc) is 4.04. The van der Waals surface area contributed by atoms with Crippen LogP contribution in [0.2, 0.25) is 0 Å². The second-order valence-corrected chi connectivity index (χ2v) is 15.8. The Labute approximate surface area is 334 Å². The van der Waals surface area contributed by atoms with Crippen LogP contribution in [0.25, 0.3) is 120 Å². The Kier molecular flexibility index (Phi) is 6.50. The fourth-order valence-corrected chi connectivity index (χ4v) is 10.4. The Bertz CT molecular complexity index is 3720. The standard InChI is InChI=1S/C51H29N5OS/c1-6-24-40-30(14-1)31-15-2-7-25-41(31)55(40)44-28-13-21-37-36-20-12-23-39(47(36)58-48(37)44)50-52-49(38-22-11-19-35-34-18-5-10-29-45(34)57-46(35)38)53-51(54-50)56-42-26-8-3-16-32(42)33-17-4-9-27-43(33)56/h1-29H. The number of aromatic nitrogens is 5. The van der Waals surface area contributed by atoms with Gasteiger partial charge in [-0.05, 0) is 48.5 Å². The normalized spacial score (nSPS) is 12.1. The summed E-state index contributed by atoms with van der Waals surface area (Å²) < 4.78 is 13.5. The van der Waals surface area contributed by atoms with E-state index in [2.05, 4.69) is 167 Å².